The fourth-order valence-corrected chi connectivity index (χ4v) is 2.97. The van der Waals surface area contributed by atoms with E-state index in [9.17, 15) is 4.79 Å². The molecule has 0 unspecified atom stereocenters. The average molecular weight is 374 g/mol. The lowest BCUT2D eigenvalue weighted by Crippen LogP contribution is -2.14. The Balaban J connectivity index is 1.73. The first-order chi connectivity index (χ1) is 11.9. The van der Waals surface area contributed by atoms with E-state index in [1.807, 2.05) is 38.1 Å². The second kappa shape index (κ2) is 7.30. The zero-order valence-corrected chi connectivity index (χ0v) is 15.4. The van der Waals surface area contributed by atoms with Gasteiger partial charge in [0.15, 0.2) is 5.82 Å². The van der Waals surface area contributed by atoms with Gasteiger partial charge in [-0.1, -0.05) is 47.0 Å². The van der Waals surface area contributed by atoms with Gasteiger partial charge in [-0.3, -0.25) is 9.48 Å². The highest BCUT2D eigenvalue weighted by molar-refractivity contribution is 6.35. The number of nitrogens with one attached hydrogen (secondary N) is 1. The fraction of sp³-hybridized carbons (Fsp3) is 0.158. The third kappa shape index (κ3) is 4.21. The monoisotopic (exact) mass is 373 g/mol. The van der Waals surface area contributed by atoms with Crippen molar-refractivity contribution in [2.45, 2.75) is 20.4 Å². The molecule has 128 valence electrons. The standard InChI is InChI=1S/C19H17Cl2N3O/c1-12-3-4-13(2)16(9-12)19(25)22-18-7-8-24(23-18)11-14-5-6-15(20)10-17(14)21/h3-10H,11H2,1-2H3,(H,22,23,25). The molecule has 0 atom stereocenters. The van der Waals surface area contributed by atoms with Crippen LogP contribution in [-0.2, 0) is 6.54 Å². The molecule has 1 N–H and O–H groups in total. The Morgan fingerprint density at radius 3 is 2.68 bits per heavy atom. The molecule has 0 bridgehead atoms. The Kier molecular flexibility index (Phi) is 5.11. The zero-order chi connectivity index (χ0) is 18.0. The van der Waals surface area contributed by atoms with Gasteiger partial charge in [0, 0.05) is 27.9 Å². The van der Waals surface area contributed by atoms with E-state index in [1.165, 1.54) is 0 Å². The van der Waals surface area contributed by atoms with Crippen LogP contribution in [0.3, 0.4) is 0 Å². The number of rotatable bonds is 4. The van der Waals surface area contributed by atoms with Gasteiger partial charge in [-0.2, -0.15) is 5.10 Å². The van der Waals surface area contributed by atoms with E-state index in [0.29, 0.717) is 28.0 Å². The van der Waals surface area contributed by atoms with Crippen molar-refractivity contribution >= 4 is 34.9 Å². The lowest BCUT2D eigenvalue weighted by atomic mass is 10.1. The van der Waals surface area contributed by atoms with Crippen LogP contribution < -0.4 is 5.32 Å². The Hall–Kier alpha value is -2.30. The summed E-state index contributed by atoms with van der Waals surface area (Å²) in [6.07, 6.45) is 1.80. The largest absolute Gasteiger partial charge is 0.305 e. The minimum atomic E-state index is -0.170. The van der Waals surface area contributed by atoms with Crippen molar-refractivity contribution in [2.24, 2.45) is 0 Å². The number of hydrogen-bond acceptors (Lipinski definition) is 2. The number of carbonyl (C=O) groups excluding carboxylic acids is 1. The van der Waals surface area contributed by atoms with Gasteiger partial charge in [-0.15, -0.1) is 0 Å². The molecule has 0 saturated heterocycles. The van der Waals surface area contributed by atoms with Gasteiger partial charge in [-0.05, 0) is 43.2 Å². The summed E-state index contributed by atoms with van der Waals surface area (Å²) in [5.41, 5.74) is 3.52. The molecule has 6 heteroatoms. The van der Waals surface area contributed by atoms with Crippen LogP contribution in [0.1, 0.15) is 27.0 Å². The molecule has 0 radical (unpaired) electrons. The number of aromatic nitrogens is 2. The Morgan fingerprint density at radius 2 is 1.92 bits per heavy atom. The summed E-state index contributed by atoms with van der Waals surface area (Å²) in [5.74, 6) is 0.326. The zero-order valence-electron chi connectivity index (χ0n) is 13.9. The van der Waals surface area contributed by atoms with E-state index < -0.39 is 0 Å². The van der Waals surface area contributed by atoms with Crippen LogP contribution in [0.4, 0.5) is 5.82 Å². The van der Waals surface area contributed by atoms with Gasteiger partial charge >= 0.3 is 0 Å². The summed E-state index contributed by atoms with van der Waals surface area (Å²) in [7, 11) is 0. The molecule has 2 aromatic carbocycles. The van der Waals surface area contributed by atoms with Gasteiger partial charge in [0.05, 0.1) is 6.54 Å². The molecular weight excluding hydrogens is 357 g/mol. The second-order valence-corrected chi connectivity index (χ2v) is 6.75. The van der Waals surface area contributed by atoms with Crippen molar-refractivity contribution in [3.8, 4) is 0 Å². The summed E-state index contributed by atoms with van der Waals surface area (Å²) in [6, 6.07) is 12.9. The molecule has 3 rings (SSSR count). The topological polar surface area (TPSA) is 46.9 Å². The average Bonchev–Trinajstić information content (AvgIpc) is 2.99. The lowest BCUT2D eigenvalue weighted by Gasteiger charge is -2.07. The van der Waals surface area contributed by atoms with Crippen LogP contribution >= 0.6 is 23.2 Å². The van der Waals surface area contributed by atoms with Crippen LogP contribution in [0, 0.1) is 13.8 Å². The summed E-state index contributed by atoms with van der Waals surface area (Å²) >= 11 is 12.1. The highest BCUT2D eigenvalue weighted by atomic mass is 35.5. The van der Waals surface area contributed by atoms with E-state index in [0.717, 1.165) is 16.7 Å². The maximum absolute atomic E-state index is 12.5. The molecule has 25 heavy (non-hydrogen) atoms. The summed E-state index contributed by atoms with van der Waals surface area (Å²) in [4.78, 5) is 12.5. The second-order valence-electron chi connectivity index (χ2n) is 5.91. The number of amides is 1. The molecule has 0 spiro atoms. The number of carbonyl (C=O) groups is 1. The molecule has 0 aliphatic heterocycles. The molecule has 3 aromatic rings. The minimum absolute atomic E-state index is 0.170. The van der Waals surface area contributed by atoms with Crippen LogP contribution in [0.25, 0.3) is 0 Å². The molecule has 1 aromatic heterocycles. The maximum Gasteiger partial charge on any atom is 0.257 e. The van der Waals surface area contributed by atoms with Gasteiger partial charge in [-0.25, -0.2) is 0 Å². The molecule has 4 nitrogen and oxygen atoms in total. The van der Waals surface area contributed by atoms with Crippen molar-refractivity contribution in [1.29, 1.82) is 0 Å². The fourth-order valence-electron chi connectivity index (χ4n) is 2.50. The van der Waals surface area contributed by atoms with E-state index in [-0.39, 0.29) is 5.91 Å². The van der Waals surface area contributed by atoms with Crippen molar-refractivity contribution in [3.05, 3.63) is 81.0 Å². The third-order valence-corrected chi connectivity index (χ3v) is 4.45. The highest BCUT2D eigenvalue weighted by Crippen LogP contribution is 2.22. The van der Waals surface area contributed by atoms with Crippen LogP contribution in [0.2, 0.25) is 10.0 Å². The highest BCUT2D eigenvalue weighted by Gasteiger charge is 2.11. The SMILES string of the molecule is Cc1ccc(C)c(C(=O)Nc2ccn(Cc3ccc(Cl)cc3Cl)n2)c1. The van der Waals surface area contributed by atoms with Crippen LogP contribution in [0.15, 0.2) is 48.7 Å². The molecule has 0 saturated carbocycles. The first-order valence-electron chi connectivity index (χ1n) is 7.78. The Morgan fingerprint density at radius 1 is 1.12 bits per heavy atom. The Bertz CT molecular complexity index is 934. The summed E-state index contributed by atoms with van der Waals surface area (Å²) < 4.78 is 1.72. The predicted octanol–water partition coefficient (Wildman–Crippen LogP) is 5.11. The normalized spacial score (nSPS) is 10.7. The number of nitrogens with zero attached hydrogens (tertiary/aromatic N) is 2. The first kappa shape index (κ1) is 17.5. The van der Waals surface area contributed by atoms with Crippen molar-refractivity contribution in [3.63, 3.8) is 0 Å². The Labute approximate surface area is 156 Å². The van der Waals surface area contributed by atoms with Gasteiger partial charge in [0.1, 0.15) is 0 Å². The van der Waals surface area contributed by atoms with E-state index in [2.05, 4.69) is 10.4 Å². The van der Waals surface area contributed by atoms with Gasteiger partial charge in [0.2, 0.25) is 0 Å². The van der Waals surface area contributed by atoms with E-state index in [1.54, 1.807) is 29.1 Å². The molecule has 0 fully saturated rings. The van der Waals surface area contributed by atoms with Gasteiger partial charge < -0.3 is 5.32 Å². The number of benzene rings is 2. The van der Waals surface area contributed by atoms with Crippen molar-refractivity contribution in [2.75, 3.05) is 5.32 Å². The van der Waals surface area contributed by atoms with Crippen LogP contribution in [-0.4, -0.2) is 15.7 Å². The van der Waals surface area contributed by atoms with Crippen LogP contribution in [0.5, 0.6) is 0 Å². The van der Waals surface area contributed by atoms with Gasteiger partial charge in [0.25, 0.3) is 5.91 Å². The van der Waals surface area contributed by atoms with E-state index >= 15 is 0 Å². The predicted molar refractivity (Wildman–Crippen MR) is 102 cm³/mol. The van der Waals surface area contributed by atoms with Crippen molar-refractivity contribution in [1.82, 2.24) is 9.78 Å². The van der Waals surface area contributed by atoms with Crippen molar-refractivity contribution < 1.29 is 4.79 Å². The summed E-state index contributed by atoms with van der Waals surface area (Å²) in [6.45, 7) is 4.37. The number of hydrogen-bond donors (Lipinski definition) is 1. The molecule has 1 heterocycles. The molecule has 0 aliphatic carbocycles. The minimum Gasteiger partial charge on any atom is -0.305 e. The third-order valence-electron chi connectivity index (χ3n) is 3.87. The molecular formula is C19H17Cl2N3O. The lowest BCUT2D eigenvalue weighted by molar-refractivity contribution is 0.102. The first-order valence-corrected chi connectivity index (χ1v) is 8.54. The molecule has 0 aliphatic rings. The maximum atomic E-state index is 12.5. The number of aryl methyl sites for hydroxylation is 2. The quantitative estimate of drug-likeness (QED) is 0.690. The summed E-state index contributed by atoms with van der Waals surface area (Å²) in [5, 5.41) is 8.39. The number of anilines is 1. The number of halogens is 2. The smallest absolute Gasteiger partial charge is 0.257 e. The molecule has 1 amide bonds. The van der Waals surface area contributed by atoms with E-state index in [4.69, 9.17) is 23.2 Å².